The summed E-state index contributed by atoms with van der Waals surface area (Å²) in [6.07, 6.45) is -3.04. The Hall–Kier alpha value is -2.33. The van der Waals surface area contributed by atoms with Crippen LogP contribution in [0, 0.1) is 11.3 Å². The number of nitrogens with zero attached hydrogens (tertiary/aromatic N) is 2. The number of benzene rings is 1. The molecule has 0 bridgehead atoms. The molecule has 0 saturated carbocycles. The SMILES string of the molecule is C[C@H](NC(=O)C(F)F)c1nc(-c2ccc(C#N)cc2)cs1. The Balaban J connectivity index is 2.13. The van der Waals surface area contributed by atoms with Gasteiger partial charge < -0.3 is 5.32 Å². The van der Waals surface area contributed by atoms with Crippen molar-refractivity contribution in [3.63, 3.8) is 0 Å². The Labute approximate surface area is 124 Å². The number of nitrogens with one attached hydrogen (secondary N) is 1. The Bertz CT molecular complexity index is 676. The molecule has 1 aromatic carbocycles. The third kappa shape index (κ3) is 3.61. The van der Waals surface area contributed by atoms with Crippen molar-refractivity contribution in [3.05, 3.63) is 40.2 Å². The average Bonchev–Trinajstić information content (AvgIpc) is 2.97. The lowest BCUT2D eigenvalue weighted by Gasteiger charge is -2.10. The molecule has 2 rings (SSSR count). The fraction of sp³-hybridized carbons (Fsp3) is 0.214. The van der Waals surface area contributed by atoms with Crippen LogP contribution in [0.2, 0.25) is 0 Å². The van der Waals surface area contributed by atoms with Gasteiger partial charge in [0, 0.05) is 10.9 Å². The first-order valence-corrected chi connectivity index (χ1v) is 6.93. The van der Waals surface area contributed by atoms with E-state index in [1.807, 2.05) is 6.07 Å². The lowest BCUT2D eigenvalue weighted by molar-refractivity contribution is -0.132. The van der Waals surface area contributed by atoms with Crippen molar-refractivity contribution in [1.29, 1.82) is 5.26 Å². The molecule has 21 heavy (non-hydrogen) atoms. The van der Waals surface area contributed by atoms with E-state index < -0.39 is 18.4 Å². The van der Waals surface area contributed by atoms with Gasteiger partial charge in [-0.15, -0.1) is 11.3 Å². The highest BCUT2D eigenvalue weighted by molar-refractivity contribution is 7.10. The summed E-state index contributed by atoms with van der Waals surface area (Å²) >= 11 is 1.28. The van der Waals surface area contributed by atoms with Crippen LogP contribution in [0.1, 0.15) is 23.5 Å². The van der Waals surface area contributed by atoms with Gasteiger partial charge in [0.2, 0.25) is 0 Å². The number of nitriles is 1. The lowest BCUT2D eigenvalue weighted by Crippen LogP contribution is -2.31. The molecule has 0 aliphatic carbocycles. The van der Waals surface area contributed by atoms with E-state index in [1.165, 1.54) is 11.3 Å². The molecule has 4 nitrogen and oxygen atoms in total. The summed E-state index contributed by atoms with van der Waals surface area (Å²) in [7, 11) is 0. The van der Waals surface area contributed by atoms with E-state index in [1.54, 1.807) is 36.6 Å². The summed E-state index contributed by atoms with van der Waals surface area (Å²) < 4.78 is 24.4. The summed E-state index contributed by atoms with van der Waals surface area (Å²) in [5.74, 6) is -1.31. The van der Waals surface area contributed by atoms with Crippen molar-refractivity contribution in [2.45, 2.75) is 19.4 Å². The predicted octanol–water partition coefficient (Wildman–Crippen LogP) is 3.12. The molecule has 0 spiro atoms. The van der Waals surface area contributed by atoms with Gasteiger partial charge in [-0.3, -0.25) is 4.79 Å². The summed E-state index contributed by atoms with van der Waals surface area (Å²) in [6.45, 7) is 1.60. The molecule has 1 atom stereocenters. The van der Waals surface area contributed by atoms with Crippen molar-refractivity contribution < 1.29 is 13.6 Å². The molecule has 0 unspecified atom stereocenters. The minimum Gasteiger partial charge on any atom is -0.342 e. The highest BCUT2D eigenvalue weighted by atomic mass is 32.1. The first-order valence-electron chi connectivity index (χ1n) is 6.05. The first-order chi connectivity index (χ1) is 10.0. The molecule has 0 fully saturated rings. The maximum absolute atomic E-state index is 12.2. The van der Waals surface area contributed by atoms with Crippen molar-refractivity contribution in [3.8, 4) is 17.3 Å². The zero-order valence-electron chi connectivity index (χ0n) is 11.0. The molecule has 1 heterocycles. The molecule has 1 aromatic heterocycles. The summed E-state index contributed by atoms with van der Waals surface area (Å²) in [6, 6.07) is 8.33. The highest BCUT2D eigenvalue weighted by Crippen LogP contribution is 2.25. The number of carbonyl (C=O) groups is 1. The number of hydrogen-bond donors (Lipinski definition) is 1. The van der Waals surface area contributed by atoms with Crippen molar-refractivity contribution in [2.75, 3.05) is 0 Å². The standard InChI is InChI=1S/C14H11F2N3OS/c1-8(18-13(20)12(15)16)14-19-11(7-21-14)10-4-2-9(6-17)3-5-10/h2-5,7-8,12H,1H3,(H,18,20)/t8-/m0/s1. The van der Waals surface area contributed by atoms with Crippen LogP contribution in [0.5, 0.6) is 0 Å². The lowest BCUT2D eigenvalue weighted by atomic mass is 10.1. The van der Waals surface area contributed by atoms with Gasteiger partial charge in [0.1, 0.15) is 5.01 Å². The van der Waals surface area contributed by atoms with Gasteiger partial charge in [-0.2, -0.15) is 14.0 Å². The third-order valence-corrected chi connectivity index (χ3v) is 3.79. The van der Waals surface area contributed by atoms with Gasteiger partial charge in [-0.05, 0) is 19.1 Å². The third-order valence-electron chi connectivity index (χ3n) is 2.76. The Kier molecular flexibility index (Phi) is 4.60. The maximum Gasteiger partial charge on any atom is 0.315 e. The smallest absolute Gasteiger partial charge is 0.315 e. The van der Waals surface area contributed by atoms with Crippen molar-refractivity contribution >= 4 is 17.2 Å². The first kappa shape index (κ1) is 15.1. The monoisotopic (exact) mass is 307 g/mol. The molecule has 0 aliphatic rings. The Morgan fingerprint density at radius 3 is 2.62 bits per heavy atom. The van der Waals surface area contributed by atoms with Crippen LogP contribution < -0.4 is 5.32 Å². The molecule has 1 amide bonds. The maximum atomic E-state index is 12.2. The van der Waals surface area contributed by atoms with Gasteiger partial charge in [-0.25, -0.2) is 4.98 Å². The minimum absolute atomic E-state index is 0.545. The normalized spacial score (nSPS) is 12.0. The van der Waals surface area contributed by atoms with Gasteiger partial charge in [0.05, 0.1) is 23.4 Å². The van der Waals surface area contributed by atoms with E-state index in [0.717, 1.165) is 5.56 Å². The van der Waals surface area contributed by atoms with Crippen LogP contribution in [0.15, 0.2) is 29.6 Å². The van der Waals surface area contributed by atoms with Crippen LogP contribution in [0.3, 0.4) is 0 Å². The Morgan fingerprint density at radius 1 is 1.38 bits per heavy atom. The summed E-state index contributed by atoms with van der Waals surface area (Å²) in [5, 5.41) is 13.3. The molecule has 0 saturated heterocycles. The molecular formula is C14H11F2N3OS. The molecule has 1 N–H and O–H groups in total. The van der Waals surface area contributed by atoms with E-state index in [4.69, 9.17) is 5.26 Å². The molecule has 2 aromatic rings. The largest absolute Gasteiger partial charge is 0.342 e. The second-order valence-corrected chi connectivity index (χ2v) is 5.18. The van der Waals surface area contributed by atoms with Gasteiger partial charge in [0.15, 0.2) is 0 Å². The second-order valence-electron chi connectivity index (χ2n) is 4.29. The average molecular weight is 307 g/mol. The van der Waals surface area contributed by atoms with Crippen LogP contribution in [-0.2, 0) is 4.79 Å². The zero-order valence-corrected chi connectivity index (χ0v) is 11.8. The van der Waals surface area contributed by atoms with Crippen molar-refractivity contribution in [2.24, 2.45) is 0 Å². The quantitative estimate of drug-likeness (QED) is 0.943. The van der Waals surface area contributed by atoms with Crippen LogP contribution in [0.4, 0.5) is 8.78 Å². The minimum atomic E-state index is -3.04. The topological polar surface area (TPSA) is 65.8 Å². The van der Waals surface area contributed by atoms with Crippen LogP contribution in [0.25, 0.3) is 11.3 Å². The zero-order chi connectivity index (χ0) is 15.4. The van der Waals surface area contributed by atoms with Gasteiger partial charge in [0.25, 0.3) is 5.91 Å². The highest BCUT2D eigenvalue weighted by Gasteiger charge is 2.20. The molecule has 0 radical (unpaired) electrons. The predicted molar refractivity (Wildman–Crippen MR) is 74.8 cm³/mol. The summed E-state index contributed by atoms with van der Waals surface area (Å²) in [4.78, 5) is 15.3. The summed E-state index contributed by atoms with van der Waals surface area (Å²) in [5.41, 5.74) is 2.05. The Morgan fingerprint density at radius 2 is 2.05 bits per heavy atom. The fourth-order valence-corrected chi connectivity index (χ4v) is 2.51. The number of carbonyl (C=O) groups excluding carboxylic acids is 1. The number of aromatic nitrogens is 1. The van der Waals surface area contributed by atoms with E-state index in [2.05, 4.69) is 10.3 Å². The number of alkyl halides is 2. The van der Waals surface area contributed by atoms with Crippen LogP contribution in [-0.4, -0.2) is 17.3 Å². The number of thiazole rings is 1. The van der Waals surface area contributed by atoms with Gasteiger partial charge in [-0.1, -0.05) is 12.1 Å². The number of hydrogen-bond acceptors (Lipinski definition) is 4. The van der Waals surface area contributed by atoms with E-state index >= 15 is 0 Å². The molecular weight excluding hydrogens is 296 g/mol. The second kappa shape index (κ2) is 6.41. The molecule has 0 aliphatic heterocycles. The van der Waals surface area contributed by atoms with E-state index in [0.29, 0.717) is 16.3 Å². The van der Waals surface area contributed by atoms with Crippen molar-refractivity contribution in [1.82, 2.24) is 10.3 Å². The number of amides is 1. The van der Waals surface area contributed by atoms with E-state index in [9.17, 15) is 13.6 Å². The molecule has 7 heteroatoms. The number of halogens is 2. The van der Waals surface area contributed by atoms with Crippen LogP contribution >= 0.6 is 11.3 Å². The molecule has 108 valence electrons. The van der Waals surface area contributed by atoms with Gasteiger partial charge >= 0.3 is 6.43 Å². The number of rotatable bonds is 4. The van der Waals surface area contributed by atoms with E-state index in [-0.39, 0.29) is 0 Å². The fourth-order valence-electron chi connectivity index (χ4n) is 1.67.